The van der Waals surface area contributed by atoms with Crippen LogP contribution in [0.5, 0.6) is 5.75 Å². The number of fused-ring (bicyclic) bond motifs is 1. The van der Waals surface area contributed by atoms with Gasteiger partial charge in [0.05, 0.1) is 78.8 Å². The van der Waals surface area contributed by atoms with Crippen LogP contribution in [0.3, 0.4) is 0 Å². The molecule has 0 saturated heterocycles. The average molecular weight is 1110 g/mol. The number of benzene rings is 5. The number of aromatic hydroxyl groups is 1. The Morgan fingerprint density at radius 2 is 1.26 bits per heavy atom. The first-order valence-corrected chi connectivity index (χ1v) is 24.6. The first-order valence-electron chi connectivity index (χ1n) is 17.1. The number of hydrogen-bond acceptors (Lipinski definition) is 27. The van der Waals surface area contributed by atoms with E-state index < -0.39 is 91.9 Å². The molecule has 0 aliphatic rings. The van der Waals surface area contributed by atoms with Crippen molar-refractivity contribution >= 4 is 115 Å². The van der Waals surface area contributed by atoms with E-state index in [2.05, 4.69) is 48.7 Å². The molecule has 5 aromatic rings. The predicted molar refractivity (Wildman–Crippen MR) is 217 cm³/mol. The van der Waals surface area contributed by atoms with Crippen molar-refractivity contribution in [1.82, 2.24) is 0 Å². The molecule has 0 heterocycles. The van der Waals surface area contributed by atoms with Gasteiger partial charge in [0.15, 0.2) is 37.7 Å². The van der Waals surface area contributed by atoms with Gasteiger partial charge in [0, 0.05) is 11.3 Å². The topological polar surface area (TPSA) is 409 Å². The van der Waals surface area contributed by atoms with Crippen LogP contribution >= 0.6 is 24.4 Å². The van der Waals surface area contributed by atoms with E-state index in [1.807, 2.05) is 0 Å². The summed E-state index contributed by atoms with van der Waals surface area (Å²) < 4.78 is 137. The van der Waals surface area contributed by atoms with Crippen LogP contribution in [0.25, 0.3) is 10.8 Å². The van der Waals surface area contributed by atoms with Gasteiger partial charge < -0.3 is 35.8 Å². The van der Waals surface area contributed by atoms with Gasteiger partial charge in [-0.15, -0.1) is 14.6 Å². The molecule has 0 unspecified atom stereocenters. The number of hydrogen-bond donors (Lipinski definition) is 3. The van der Waals surface area contributed by atoms with Crippen LogP contribution < -0.4 is 140 Å². The van der Waals surface area contributed by atoms with E-state index in [0.29, 0.717) is 0 Å². The van der Waals surface area contributed by atoms with Crippen LogP contribution in [0.1, 0.15) is 10.4 Å². The normalized spacial score (nSPS) is 11.9. The molecule has 0 aliphatic carbocycles. The van der Waals surface area contributed by atoms with Crippen LogP contribution in [-0.4, -0.2) is 78.5 Å². The Bertz CT molecular complexity index is 3090. The quantitative estimate of drug-likeness (QED) is 0.00667. The molecule has 4 N–H and O–H groups in total. The van der Waals surface area contributed by atoms with Crippen LogP contribution in [0, 0.1) is 0 Å². The van der Waals surface area contributed by atoms with Crippen molar-refractivity contribution in [3.63, 3.8) is 0 Å². The number of carbonyl (C=O) groups is 1. The van der Waals surface area contributed by atoms with Gasteiger partial charge in [0.25, 0.3) is 5.91 Å². The maximum absolute atomic E-state index is 13.0. The minimum atomic E-state index is -5.37. The molecule has 0 fully saturated rings. The van der Waals surface area contributed by atoms with Crippen LogP contribution in [-0.2, 0) is 67.3 Å². The number of nitrogens with one attached hydrogen (secondary N) is 1. The second-order valence-corrected chi connectivity index (χ2v) is 20.2. The molecule has 0 aromatic heterocycles. The molecule has 0 atom stereocenters. The van der Waals surface area contributed by atoms with Crippen molar-refractivity contribution in [3.8, 4) is 5.75 Å². The van der Waals surface area contributed by atoms with Crippen molar-refractivity contribution < 1.29 is 209 Å². The summed E-state index contributed by atoms with van der Waals surface area (Å²) in [5, 5.41) is 56.0. The van der Waals surface area contributed by atoms with E-state index in [4.69, 9.17) is 9.92 Å². The summed E-state index contributed by atoms with van der Waals surface area (Å²) in [4.78, 5) is 11.3. The Morgan fingerprint density at radius 3 is 1.84 bits per heavy atom. The van der Waals surface area contributed by atoms with Gasteiger partial charge in [0.1, 0.15) is 21.5 Å². The summed E-state index contributed by atoms with van der Waals surface area (Å²) in [5.41, 5.74) is 4.62. The molecule has 36 heteroatoms. The third-order valence-corrected chi connectivity index (χ3v) is 13.8. The molecular formula is C33H26N6Na4O20S6. The van der Waals surface area contributed by atoms with Gasteiger partial charge in [-0.2, -0.15) is 14.6 Å². The number of nitrogen functional groups attached to an aromatic ring is 1. The van der Waals surface area contributed by atoms with Crippen LogP contribution in [0.2, 0.25) is 0 Å². The Kier molecular flexibility index (Phi) is 28.2. The average Bonchev–Trinajstić information content (AvgIpc) is 3.24. The van der Waals surface area contributed by atoms with Gasteiger partial charge >= 0.3 is 118 Å². The third-order valence-electron chi connectivity index (χ3n) is 8.16. The summed E-state index contributed by atoms with van der Waals surface area (Å²) in [5.74, 6) is -2.87. The molecule has 1 amide bonds. The number of sulfone groups is 2. The molecule has 0 aliphatic heterocycles. The second kappa shape index (κ2) is 29.6. The zero-order valence-corrected chi connectivity index (χ0v) is 48.8. The van der Waals surface area contributed by atoms with Crippen LogP contribution in [0.15, 0.2) is 125 Å². The van der Waals surface area contributed by atoms with Gasteiger partial charge in [-0.3, -0.25) is 23.2 Å². The number of phenols is 1. The molecule has 0 bridgehead atoms. The number of phenolic OH excluding ortho intramolecular Hbond substituents is 1. The number of amides is 1. The Labute approximate surface area is 489 Å². The van der Waals surface area contributed by atoms with Crippen molar-refractivity contribution in [3.05, 3.63) is 90.5 Å². The molecule has 26 nitrogen and oxygen atoms in total. The van der Waals surface area contributed by atoms with Crippen molar-refractivity contribution in [2.24, 2.45) is 20.5 Å². The van der Waals surface area contributed by atoms with E-state index >= 15 is 0 Å². The number of nitrogens with two attached hydrogens (primary N) is 1. The first-order chi connectivity index (χ1) is 30.6. The smallest absolute Gasteiger partial charge is 0.744 e. The Morgan fingerprint density at radius 1 is 0.696 bits per heavy atom. The van der Waals surface area contributed by atoms with Gasteiger partial charge in [-0.05, 0) is 84.2 Å². The number of rotatable bonds is 22. The Hall–Kier alpha value is -1.27. The first kappa shape index (κ1) is 65.7. The van der Waals surface area contributed by atoms with Gasteiger partial charge in [-0.25, -0.2) is 33.7 Å². The summed E-state index contributed by atoms with van der Waals surface area (Å²) in [6.45, 7) is -1.30. The zero-order valence-electron chi connectivity index (χ0n) is 35.9. The zero-order chi connectivity index (χ0) is 47.6. The van der Waals surface area contributed by atoms with E-state index in [0.717, 1.165) is 36.4 Å². The largest absolute Gasteiger partial charge is 1.00 e. The van der Waals surface area contributed by atoms with Crippen LogP contribution in [0.4, 0.5) is 34.1 Å². The van der Waals surface area contributed by atoms with Crippen molar-refractivity contribution in [1.29, 1.82) is 0 Å². The fraction of sp³-hybridized carbons (Fsp3) is 0.121. The number of azo groups is 2. The van der Waals surface area contributed by atoms with E-state index in [1.54, 1.807) is 0 Å². The summed E-state index contributed by atoms with van der Waals surface area (Å²) in [6, 6.07) is 16.7. The second-order valence-electron chi connectivity index (χ2n) is 12.3. The molecule has 0 radical (unpaired) electrons. The van der Waals surface area contributed by atoms with E-state index in [-0.39, 0.29) is 197 Å². The number of anilines is 2. The fourth-order valence-corrected chi connectivity index (χ4v) is 9.37. The summed E-state index contributed by atoms with van der Waals surface area (Å²) >= 11 is 0.321. The van der Waals surface area contributed by atoms with E-state index in [1.165, 1.54) is 48.5 Å². The molecule has 0 saturated carbocycles. The number of nitrogens with zero attached hydrogens (tertiary/aromatic N) is 4. The van der Waals surface area contributed by atoms with Gasteiger partial charge in [0.2, 0.25) is 10.4 Å². The minimum Gasteiger partial charge on any atom is -0.744 e. The predicted octanol–water partition coefficient (Wildman–Crippen LogP) is -8.81. The number of carbonyl (C=O) groups excluding carboxylic acids is 1. The molecule has 348 valence electrons. The fourth-order valence-electron chi connectivity index (χ4n) is 5.29. The molecular weight excluding hydrogens is 1080 g/mol. The monoisotopic (exact) mass is 1110 g/mol. The third kappa shape index (κ3) is 19.2. The standard InChI is InChI=1S/C33H30N6O20S6.4Na/c34-29-28-20(16-26(60-58-56-42)30(32(28)40)38-36-22-8-10-24(11-9-22)62(44,45)15-13-55-65(51,52)53)17-27(64(48,49)50)31(29)39-37-21-6-4-19(5-7-21)33(41)35-23-2-1-3-25(18-23)63(46,47)14-12-54-61-59-57-43;;;;/h1-11,16-18,40,42-43H,12-15,34H2,(H,35,41)(H,48,49,50)(H,51,52,53);;;;/q;4*+1/p-4. The van der Waals surface area contributed by atoms with Gasteiger partial charge in [-0.1, -0.05) is 6.07 Å². The SMILES string of the molecule is Nc1c(N=Nc2ccc(C(=O)Nc3cccc(S(=O)(=O)CCOSOO[O-])c3)cc2)c(S(=O)(=O)[O-])cc2cc(SOO[O-])c(N=Nc3ccc(S(=O)(=O)CCOS(=O)(=O)[O-])cc3)c(O)c12.[Na+].[Na+].[Na+].[Na+]. The minimum absolute atomic E-state index is 0. The van der Waals surface area contributed by atoms with E-state index in [9.17, 15) is 63.2 Å². The molecule has 5 aromatic carbocycles. The van der Waals surface area contributed by atoms with Crippen molar-refractivity contribution in [2.45, 2.75) is 19.6 Å². The van der Waals surface area contributed by atoms with Crippen molar-refractivity contribution in [2.75, 3.05) is 35.8 Å². The Balaban J connectivity index is 0.00000595. The maximum Gasteiger partial charge on any atom is 1.00 e. The molecule has 5 rings (SSSR count). The molecule has 69 heavy (non-hydrogen) atoms. The summed E-state index contributed by atoms with van der Waals surface area (Å²) in [6.07, 6.45) is 0. The maximum atomic E-state index is 13.0. The summed E-state index contributed by atoms with van der Waals surface area (Å²) in [7, 11) is -18.5. The molecule has 0 spiro atoms.